The monoisotopic (exact) mass is 324 g/mol. The highest BCUT2D eigenvalue weighted by atomic mass is 32.1. The second-order valence-electron chi connectivity index (χ2n) is 5.05. The summed E-state index contributed by atoms with van der Waals surface area (Å²) in [6.07, 6.45) is 0. The third kappa shape index (κ3) is 2.21. The lowest BCUT2D eigenvalue weighted by Gasteiger charge is -2.07. The zero-order valence-electron chi connectivity index (χ0n) is 11.8. The van der Waals surface area contributed by atoms with Crippen LogP contribution in [0.3, 0.4) is 0 Å². The van der Waals surface area contributed by atoms with Crippen molar-refractivity contribution in [2.24, 2.45) is 0 Å². The van der Waals surface area contributed by atoms with Crippen LogP contribution in [-0.2, 0) is 0 Å². The van der Waals surface area contributed by atoms with Gasteiger partial charge in [-0.2, -0.15) is 0 Å². The molecule has 0 bridgehead atoms. The van der Waals surface area contributed by atoms with E-state index >= 15 is 0 Å². The fraction of sp³-hybridized carbons (Fsp3) is 0.0556. The highest BCUT2D eigenvalue weighted by Crippen LogP contribution is 2.38. The first-order valence-corrected chi connectivity index (χ1v) is 8.59. The van der Waals surface area contributed by atoms with Gasteiger partial charge < -0.3 is 4.42 Å². The fourth-order valence-corrected chi connectivity index (χ4v) is 4.24. The van der Waals surface area contributed by atoms with Gasteiger partial charge in [-0.3, -0.25) is 0 Å². The van der Waals surface area contributed by atoms with Gasteiger partial charge in [-0.25, -0.2) is 4.79 Å². The Morgan fingerprint density at radius 1 is 0.909 bits per heavy atom. The Hall–Kier alpha value is -2.17. The Balaban J connectivity index is 2.06. The maximum Gasteiger partial charge on any atom is 0.336 e. The van der Waals surface area contributed by atoms with Gasteiger partial charge in [0.15, 0.2) is 0 Å². The van der Waals surface area contributed by atoms with Crippen LogP contribution >= 0.6 is 22.7 Å². The summed E-state index contributed by atoms with van der Waals surface area (Å²) >= 11 is 3.39. The van der Waals surface area contributed by atoms with Crippen LogP contribution in [0.25, 0.3) is 31.9 Å². The van der Waals surface area contributed by atoms with Gasteiger partial charge >= 0.3 is 5.63 Å². The minimum atomic E-state index is -0.315. The standard InChI is InChI=1S/C18H12O2S2/c1-11-4-8-16(22-11)12-5-6-14(15-3-2-10-21-15)18-13(12)7-9-17(19)20-18/h2-10H,1H3. The van der Waals surface area contributed by atoms with E-state index in [1.165, 1.54) is 15.8 Å². The Labute approximate surface area is 135 Å². The molecule has 4 heteroatoms. The van der Waals surface area contributed by atoms with E-state index in [0.717, 1.165) is 21.4 Å². The molecule has 0 saturated heterocycles. The van der Waals surface area contributed by atoms with Crippen LogP contribution in [0.5, 0.6) is 0 Å². The maximum atomic E-state index is 11.7. The highest BCUT2D eigenvalue weighted by Gasteiger charge is 2.13. The van der Waals surface area contributed by atoms with E-state index in [2.05, 4.69) is 25.1 Å². The van der Waals surface area contributed by atoms with Crippen molar-refractivity contribution in [1.82, 2.24) is 0 Å². The molecule has 108 valence electrons. The SMILES string of the molecule is Cc1ccc(-c2ccc(-c3cccs3)c3oc(=O)ccc23)s1. The predicted molar refractivity (Wildman–Crippen MR) is 93.8 cm³/mol. The summed E-state index contributed by atoms with van der Waals surface area (Å²) in [5, 5.41) is 3.01. The molecule has 0 aliphatic heterocycles. The first-order valence-electron chi connectivity index (χ1n) is 6.90. The second kappa shape index (κ2) is 5.23. The average Bonchev–Trinajstić information content (AvgIpc) is 3.17. The van der Waals surface area contributed by atoms with Crippen LogP contribution in [0.1, 0.15) is 4.88 Å². The third-order valence-corrected chi connectivity index (χ3v) is 5.51. The second-order valence-corrected chi connectivity index (χ2v) is 7.28. The van der Waals surface area contributed by atoms with Crippen LogP contribution in [0.15, 0.2) is 63.1 Å². The molecule has 22 heavy (non-hydrogen) atoms. The van der Waals surface area contributed by atoms with Gasteiger partial charge in [0, 0.05) is 37.2 Å². The van der Waals surface area contributed by atoms with E-state index in [4.69, 9.17) is 4.42 Å². The van der Waals surface area contributed by atoms with Gasteiger partial charge in [0.05, 0.1) is 0 Å². The summed E-state index contributed by atoms with van der Waals surface area (Å²) in [6, 6.07) is 15.8. The summed E-state index contributed by atoms with van der Waals surface area (Å²) in [4.78, 5) is 15.3. The number of rotatable bonds is 2. The van der Waals surface area contributed by atoms with Crippen molar-refractivity contribution in [3.8, 4) is 20.9 Å². The number of benzene rings is 1. The van der Waals surface area contributed by atoms with Crippen LogP contribution in [0.4, 0.5) is 0 Å². The molecule has 1 aromatic carbocycles. The average molecular weight is 324 g/mol. The number of thiophene rings is 2. The molecule has 0 aliphatic rings. The molecule has 2 nitrogen and oxygen atoms in total. The first-order chi connectivity index (χ1) is 10.7. The summed E-state index contributed by atoms with van der Waals surface area (Å²) in [6.45, 7) is 2.09. The van der Waals surface area contributed by atoms with E-state index in [9.17, 15) is 4.79 Å². The van der Waals surface area contributed by atoms with E-state index in [1.54, 1.807) is 22.7 Å². The summed E-state index contributed by atoms with van der Waals surface area (Å²) in [7, 11) is 0. The Kier molecular flexibility index (Phi) is 3.21. The van der Waals surface area contributed by atoms with Crippen LogP contribution in [0.2, 0.25) is 0 Å². The molecule has 0 unspecified atom stereocenters. The zero-order valence-corrected chi connectivity index (χ0v) is 13.5. The molecule has 0 atom stereocenters. The number of hydrogen-bond acceptors (Lipinski definition) is 4. The molecule has 4 rings (SSSR count). The topological polar surface area (TPSA) is 30.2 Å². The molecular formula is C18H12O2S2. The lowest BCUT2D eigenvalue weighted by molar-refractivity contribution is 0.562. The van der Waals surface area contributed by atoms with Crippen molar-refractivity contribution in [3.63, 3.8) is 0 Å². The van der Waals surface area contributed by atoms with Crippen molar-refractivity contribution >= 4 is 33.6 Å². The van der Waals surface area contributed by atoms with E-state index in [0.29, 0.717) is 5.58 Å². The van der Waals surface area contributed by atoms with Crippen LogP contribution < -0.4 is 5.63 Å². The van der Waals surface area contributed by atoms with E-state index in [1.807, 2.05) is 29.6 Å². The smallest absolute Gasteiger partial charge is 0.336 e. The van der Waals surface area contributed by atoms with Crippen LogP contribution in [-0.4, -0.2) is 0 Å². The van der Waals surface area contributed by atoms with Gasteiger partial charge in [0.25, 0.3) is 0 Å². The first kappa shape index (κ1) is 13.5. The third-order valence-electron chi connectivity index (χ3n) is 3.58. The van der Waals surface area contributed by atoms with Crippen LogP contribution in [0, 0.1) is 6.92 Å². The van der Waals surface area contributed by atoms with E-state index in [-0.39, 0.29) is 5.63 Å². The number of fused-ring (bicyclic) bond motifs is 1. The van der Waals surface area contributed by atoms with Gasteiger partial charge in [-0.15, -0.1) is 22.7 Å². The largest absolute Gasteiger partial charge is 0.422 e. The summed E-state index contributed by atoms with van der Waals surface area (Å²) in [5.41, 5.74) is 2.43. The van der Waals surface area contributed by atoms with Gasteiger partial charge in [0.1, 0.15) is 5.58 Å². The molecule has 0 spiro atoms. The van der Waals surface area contributed by atoms with Gasteiger partial charge in [-0.1, -0.05) is 12.1 Å². The van der Waals surface area contributed by atoms with Crippen molar-refractivity contribution in [3.05, 3.63) is 69.2 Å². The summed E-state index contributed by atoms with van der Waals surface area (Å²) < 4.78 is 5.54. The van der Waals surface area contributed by atoms with Crippen molar-refractivity contribution in [1.29, 1.82) is 0 Å². The van der Waals surface area contributed by atoms with Crippen molar-refractivity contribution in [2.75, 3.05) is 0 Å². The molecule has 0 N–H and O–H groups in total. The molecule has 3 aromatic heterocycles. The zero-order chi connectivity index (χ0) is 15.1. The molecule has 3 heterocycles. The predicted octanol–water partition coefficient (Wildman–Crippen LogP) is 5.56. The molecule has 0 amide bonds. The molecule has 0 radical (unpaired) electrons. The fourth-order valence-electron chi connectivity index (χ4n) is 2.58. The Bertz CT molecular complexity index is 1010. The molecular weight excluding hydrogens is 312 g/mol. The minimum absolute atomic E-state index is 0.315. The molecule has 0 aliphatic carbocycles. The van der Waals surface area contributed by atoms with Gasteiger partial charge in [-0.05, 0) is 42.6 Å². The minimum Gasteiger partial charge on any atom is -0.422 e. The lowest BCUT2D eigenvalue weighted by Crippen LogP contribution is -1.96. The number of hydrogen-bond donors (Lipinski definition) is 0. The molecule has 0 fully saturated rings. The highest BCUT2D eigenvalue weighted by molar-refractivity contribution is 7.15. The summed E-state index contributed by atoms with van der Waals surface area (Å²) in [5.74, 6) is 0. The Morgan fingerprint density at radius 3 is 2.50 bits per heavy atom. The Morgan fingerprint density at radius 2 is 1.77 bits per heavy atom. The number of aryl methyl sites for hydroxylation is 1. The van der Waals surface area contributed by atoms with Crippen molar-refractivity contribution in [2.45, 2.75) is 6.92 Å². The van der Waals surface area contributed by atoms with Crippen molar-refractivity contribution < 1.29 is 4.42 Å². The maximum absolute atomic E-state index is 11.7. The molecule has 0 saturated carbocycles. The lowest BCUT2D eigenvalue weighted by atomic mass is 10.0. The van der Waals surface area contributed by atoms with E-state index < -0.39 is 0 Å². The van der Waals surface area contributed by atoms with Gasteiger partial charge in [0.2, 0.25) is 0 Å². The molecule has 4 aromatic rings. The quantitative estimate of drug-likeness (QED) is 0.452. The normalized spacial score (nSPS) is 11.1.